The third-order valence-electron chi connectivity index (χ3n) is 5.47. The molecule has 4 rings (SSSR count). The van der Waals surface area contributed by atoms with Crippen LogP contribution in [0.2, 0.25) is 0 Å². The maximum atomic E-state index is 13.6. The van der Waals surface area contributed by atoms with E-state index in [-0.39, 0.29) is 13.0 Å². The van der Waals surface area contributed by atoms with Crippen LogP contribution in [0.15, 0.2) is 35.0 Å². The van der Waals surface area contributed by atoms with E-state index in [9.17, 15) is 18.0 Å². The molecule has 1 atom stereocenters. The summed E-state index contributed by atoms with van der Waals surface area (Å²) in [5.41, 5.74) is 0.642. The molecule has 33 heavy (non-hydrogen) atoms. The van der Waals surface area contributed by atoms with Crippen LogP contribution in [0.4, 0.5) is 13.2 Å². The highest BCUT2D eigenvalue weighted by molar-refractivity contribution is 7.19. The lowest BCUT2D eigenvalue weighted by Crippen LogP contribution is -2.32. The van der Waals surface area contributed by atoms with Crippen LogP contribution in [0.3, 0.4) is 0 Å². The van der Waals surface area contributed by atoms with Crippen molar-refractivity contribution in [3.8, 4) is 0 Å². The Balaban J connectivity index is 1.73. The smallest absolute Gasteiger partial charge is 0.323 e. The summed E-state index contributed by atoms with van der Waals surface area (Å²) in [5.74, 6) is 4.46. The molecular weight excluding hydrogens is 457 g/mol. The molecular formula is C20H23F3N8OS. The van der Waals surface area contributed by atoms with Gasteiger partial charge in [0.15, 0.2) is 5.65 Å². The number of aromatic amines is 1. The fraction of sp³-hybridized carbons (Fsp3) is 0.400. The van der Waals surface area contributed by atoms with Crippen molar-refractivity contribution in [3.63, 3.8) is 0 Å². The van der Waals surface area contributed by atoms with Crippen LogP contribution in [0, 0.1) is 5.92 Å². The van der Waals surface area contributed by atoms with Crippen LogP contribution < -0.4 is 11.4 Å². The Bertz CT molecular complexity index is 1360. The first-order valence-electron chi connectivity index (χ1n) is 10.2. The van der Waals surface area contributed by atoms with Crippen molar-refractivity contribution in [2.24, 2.45) is 18.8 Å². The van der Waals surface area contributed by atoms with Crippen molar-refractivity contribution in [1.82, 2.24) is 34.5 Å². The lowest BCUT2D eigenvalue weighted by Gasteiger charge is -2.23. The highest BCUT2D eigenvalue weighted by atomic mass is 32.1. The summed E-state index contributed by atoms with van der Waals surface area (Å²) in [6.45, 7) is 1.41. The fourth-order valence-electron chi connectivity index (χ4n) is 3.87. The average molecular weight is 481 g/mol. The quantitative estimate of drug-likeness (QED) is 0.311. The summed E-state index contributed by atoms with van der Waals surface area (Å²) >= 11 is 1.45. The molecule has 0 aliphatic carbocycles. The van der Waals surface area contributed by atoms with E-state index in [1.165, 1.54) is 24.6 Å². The lowest BCUT2D eigenvalue weighted by atomic mass is 9.96. The monoisotopic (exact) mass is 480 g/mol. The van der Waals surface area contributed by atoms with Crippen molar-refractivity contribution in [2.45, 2.75) is 32.5 Å². The highest BCUT2D eigenvalue weighted by Crippen LogP contribution is 2.35. The number of H-pyrrole nitrogens is 1. The minimum absolute atomic E-state index is 0.159. The summed E-state index contributed by atoms with van der Waals surface area (Å²) in [7, 11) is 3.04. The summed E-state index contributed by atoms with van der Waals surface area (Å²) in [6, 6.07) is 1.86. The van der Waals surface area contributed by atoms with Gasteiger partial charge in [-0.05, 0) is 12.5 Å². The number of hydrazine groups is 1. The van der Waals surface area contributed by atoms with Gasteiger partial charge in [-0.15, -0.1) is 11.3 Å². The molecule has 0 aliphatic heterocycles. The van der Waals surface area contributed by atoms with E-state index in [4.69, 9.17) is 5.84 Å². The molecule has 4 heterocycles. The number of rotatable bonds is 7. The largest absolute Gasteiger partial charge is 0.414 e. The molecule has 13 heteroatoms. The zero-order valence-electron chi connectivity index (χ0n) is 18.2. The molecule has 0 aliphatic rings. The van der Waals surface area contributed by atoms with E-state index in [2.05, 4.69) is 20.3 Å². The Labute approximate surface area is 190 Å². The van der Waals surface area contributed by atoms with Crippen LogP contribution in [-0.4, -0.2) is 47.8 Å². The molecule has 3 N–H and O–H groups in total. The van der Waals surface area contributed by atoms with Gasteiger partial charge in [-0.3, -0.25) is 9.89 Å². The Morgan fingerprint density at radius 3 is 2.79 bits per heavy atom. The van der Waals surface area contributed by atoms with Crippen molar-refractivity contribution in [3.05, 3.63) is 51.3 Å². The van der Waals surface area contributed by atoms with Gasteiger partial charge in [-0.1, -0.05) is 6.92 Å². The number of alkyl halides is 3. The first-order valence-corrected chi connectivity index (χ1v) is 11.0. The molecule has 4 aromatic rings. The number of aryl methyl sites for hydroxylation is 1. The summed E-state index contributed by atoms with van der Waals surface area (Å²) in [6.07, 6.45) is 0.193. The number of nitrogens with two attached hydrogens (primary N) is 1. The van der Waals surface area contributed by atoms with Gasteiger partial charge in [0.25, 0.3) is 5.56 Å². The third-order valence-corrected chi connectivity index (χ3v) is 6.54. The van der Waals surface area contributed by atoms with E-state index >= 15 is 0 Å². The number of hydrogen-bond donors (Lipinski definition) is 2. The van der Waals surface area contributed by atoms with Crippen LogP contribution >= 0.6 is 11.3 Å². The second-order valence-electron chi connectivity index (χ2n) is 7.82. The molecule has 0 radical (unpaired) electrons. The molecule has 4 aromatic heterocycles. The lowest BCUT2D eigenvalue weighted by molar-refractivity contribution is -0.101. The van der Waals surface area contributed by atoms with Gasteiger partial charge in [-0.25, -0.2) is 15.5 Å². The number of hydrogen-bond acceptors (Lipinski definition) is 7. The minimum Gasteiger partial charge on any atom is -0.323 e. The van der Waals surface area contributed by atoms with Crippen LogP contribution in [0.5, 0.6) is 0 Å². The number of aromatic nitrogens is 6. The molecule has 0 saturated heterocycles. The second-order valence-corrected chi connectivity index (χ2v) is 8.91. The third kappa shape index (κ3) is 4.37. The predicted octanol–water partition coefficient (Wildman–Crippen LogP) is 2.94. The second kappa shape index (κ2) is 8.63. The maximum absolute atomic E-state index is 13.6. The van der Waals surface area contributed by atoms with Crippen molar-refractivity contribution in [1.29, 1.82) is 0 Å². The maximum Gasteiger partial charge on any atom is 0.414 e. The van der Waals surface area contributed by atoms with Gasteiger partial charge < -0.3 is 9.58 Å². The topological polar surface area (TPSA) is 111 Å². The van der Waals surface area contributed by atoms with Gasteiger partial charge in [-0.2, -0.15) is 23.4 Å². The van der Waals surface area contributed by atoms with Crippen LogP contribution in [0.1, 0.15) is 24.0 Å². The van der Waals surface area contributed by atoms with E-state index < -0.39 is 23.2 Å². The Morgan fingerprint density at radius 1 is 1.42 bits per heavy atom. The van der Waals surface area contributed by atoms with E-state index in [0.717, 1.165) is 31.3 Å². The van der Waals surface area contributed by atoms with E-state index in [1.54, 1.807) is 24.7 Å². The zero-order chi connectivity index (χ0) is 23.9. The molecule has 0 aromatic carbocycles. The molecule has 176 valence electrons. The number of nitrogens with one attached hydrogen (secondary N) is 1. The molecule has 0 saturated carbocycles. The van der Waals surface area contributed by atoms with Crippen LogP contribution in [0.25, 0.3) is 21.3 Å². The van der Waals surface area contributed by atoms with E-state index in [0.29, 0.717) is 23.0 Å². The molecule has 1 unspecified atom stereocenters. The predicted molar refractivity (Wildman–Crippen MR) is 119 cm³/mol. The summed E-state index contributed by atoms with van der Waals surface area (Å²) in [5, 5.41) is 13.4. The number of allylic oxidation sites excluding steroid dienone is 1. The Kier molecular flexibility index (Phi) is 6.01. The van der Waals surface area contributed by atoms with Crippen molar-refractivity contribution in [2.75, 3.05) is 7.05 Å². The van der Waals surface area contributed by atoms with Crippen molar-refractivity contribution < 1.29 is 13.2 Å². The fourth-order valence-corrected chi connectivity index (χ4v) is 5.00. The van der Waals surface area contributed by atoms with Gasteiger partial charge >= 0.3 is 6.18 Å². The normalized spacial score (nSPS) is 13.8. The standard InChI is InChI=1S/C20H23F3N8OS/c1-4-11(14(10-29(2)24)20(21,22)23)9-31-19(32)16-13(8-26-31)17-18(30(16)3)27-15(33-17)7-12-5-6-25-28-12/h5-6,8,10-11H,4,7,9,24H2,1-3H3,(H,25,28)/b14-10+. The molecule has 0 spiro atoms. The van der Waals surface area contributed by atoms with Crippen molar-refractivity contribution >= 4 is 32.6 Å². The number of fused-ring (bicyclic) bond motifs is 3. The number of thiazole rings is 1. The van der Waals surface area contributed by atoms with Gasteiger partial charge in [0.05, 0.1) is 23.0 Å². The van der Waals surface area contributed by atoms with Gasteiger partial charge in [0.2, 0.25) is 0 Å². The molecule has 9 nitrogen and oxygen atoms in total. The van der Waals surface area contributed by atoms with Gasteiger partial charge in [0, 0.05) is 49.9 Å². The highest BCUT2D eigenvalue weighted by Gasteiger charge is 2.38. The van der Waals surface area contributed by atoms with Gasteiger partial charge in [0.1, 0.15) is 10.5 Å². The Hall–Kier alpha value is -3.19. The first kappa shape index (κ1) is 23.0. The summed E-state index contributed by atoms with van der Waals surface area (Å²) < 4.78 is 44.5. The molecule has 0 amide bonds. The zero-order valence-corrected chi connectivity index (χ0v) is 19.0. The summed E-state index contributed by atoms with van der Waals surface area (Å²) in [4.78, 5) is 17.9. The van der Waals surface area contributed by atoms with E-state index in [1.807, 2.05) is 6.07 Å². The molecule has 0 bridgehead atoms. The number of nitrogens with zero attached hydrogens (tertiary/aromatic N) is 6. The number of halogens is 3. The van der Waals surface area contributed by atoms with Crippen LogP contribution in [-0.2, 0) is 20.0 Å². The SMILES string of the molecule is CCC(Cn1ncc2c3sc(Cc4ccn[nH]4)nc3n(C)c2c1=O)/C(=C\N(C)N)C(F)(F)F. The Morgan fingerprint density at radius 2 is 2.18 bits per heavy atom. The molecule has 0 fully saturated rings. The first-order chi connectivity index (χ1) is 15.6. The average Bonchev–Trinajstić information content (AvgIpc) is 3.45. The minimum atomic E-state index is -4.58.